The lowest BCUT2D eigenvalue weighted by Crippen LogP contribution is -1.93. The van der Waals surface area contributed by atoms with Crippen molar-refractivity contribution in [3.8, 4) is 90.4 Å². The van der Waals surface area contributed by atoms with Crippen molar-refractivity contribution in [2.45, 2.75) is 0 Å². The van der Waals surface area contributed by atoms with E-state index in [4.69, 9.17) is 4.98 Å². The highest BCUT2D eigenvalue weighted by Crippen LogP contribution is 2.48. The molecule has 5 heteroatoms. The van der Waals surface area contributed by atoms with Crippen molar-refractivity contribution in [2.75, 3.05) is 0 Å². The maximum atomic E-state index is 9.93. The number of hydrogen-bond donors (Lipinski definition) is 0. The molecule has 0 aliphatic carbocycles. The fraction of sp³-hybridized carbons (Fsp3) is 0. The number of fused-ring (bicyclic) bond motifs is 1. The molecule has 23 rings (SSSR count). The van der Waals surface area contributed by atoms with E-state index in [1.54, 1.807) is 0 Å². The van der Waals surface area contributed by atoms with Crippen molar-refractivity contribution in [3.63, 3.8) is 0 Å². The van der Waals surface area contributed by atoms with Gasteiger partial charge in [0.1, 0.15) is 0 Å². The smallest absolute Gasteiger partial charge is 0.0998 e. The van der Waals surface area contributed by atoms with Gasteiger partial charge in [-0.3, -0.25) is 4.98 Å². The number of pyridine rings is 1. The van der Waals surface area contributed by atoms with Crippen LogP contribution in [-0.4, -0.2) is 14.1 Å². The highest BCUT2D eigenvalue weighted by molar-refractivity contribution is 6.29. The predicted molar refractivity (Wildman–Crippen MR) is 444 cm³/mol. The van der Waals surface area contributed by atoms with Gasteiger partial charge in [-0.05, 0) is 270 Å². The van der Waals surface area contributed by atoms with Crippen LogP contribution in [0.4, 0.5) is 0 Å². The molecule has 0 aliphatic heterocycles. The Morgan fingerprint density at radius 2 is 0.594 bits per heavy atom. The van der Waals surface area contributed by atoms with Crippen LogP contribution >= 0.6 is 0 Å². The number of nitriles is 2. The zero-order chi connectivity index (χ0) is 69.8. The van der Waals surface area contributed by atoms with E-state index in [0.29, 0.717) is 11.1 Å². The molecule has 3 aromatic heterocycles. The zero-order valence-electron chi connectivity index (χ0n) is 57.1. The number of hydrogen-bond acceptors (Lipinski definition) is 3. The van der Waals surface area contributed by atoms with Crippen molar-refractivity contribution < 1.29 is 0 Å². The molecular weight excluding hydrogens is 1280 g/mol. The van der Waals surface area contributed by atoms with Gasteiger partial charge in [0.2, 0.25) is 0 Å². The number of nitrogens with zero attached hydrogens (tertiary/aromatic N) is 5. The first-order valence-electron chi connectivity index (χ1n) is 36.1. The van der Waals surface area contributed by atoms with Gasteiger partial charge in [0.15, 0.2) is 0 Å². The normalized spacial score (nSPS) is 11.9. The number of aromatic nitrogens is 3. The fourth-order valence-corrected chi connectivity index (χ4v) is 17.8. The largest absolute Gasteiger partial charge is 0.309 e. The summed E-state index contributed by atoms with van der Waals surface area (Å²) in [6, 6.07) is 128. The quantitative estimate of drug-likeness (QED) is 0.142. The minimum atomic E-state index is 0.698. The molecule has 23 aromatic rings. The van der Waals surface area contributed by atoms with Gasteiger partial charge in [-0.25, -0.2) is 0 Å². The van der Waals surface area contributed by atoms with E-state index >= 15 is 0 Å². The summed E-state index contributed by atoms with van der Waals surface area (Å²) in [6.45, 7) is 0. The molecule has 20 aromatic carbocycles. The standard InChI is InChI=1S/C52H29N3.C49H28N2/c53-29-37-19-22-47-52-45(37)20-17-36-23-39(28-48(51(36)52)55(47)42-9-2-1-3-10-42)38-18-21-46(54-30-38)41-26-34-15-13-32-24-40(25-33-14-16-35(27-41)50(34)49(32)33)44-12-6-8-31-7-4-5-11-43(31)44;50-29-38-19-21-44-49-43(38)20-18-37-27-41(28-45(48(37)49)51(44)42-12-5-2-6-13-42)32-11-7-10-31(22-32)40-25-35-16-14-33-23-39(30-8-3-1-4-9-30)24-34-15-17-36(26-40)47(35)46(33)34/h1-28,30H;1-28H. The third-order valence-electron chi connectivity index (χ3n) is 22.5. The van der Waals surface area contributed by atoms with Gasteiger partial charge in [0.05, 0.1) is 51.0 Å². The van der Waals surface area contributed by atoms with Crippen LogP contribution in [0.15, 0.2) is 346 Å². The van der Waals surface area contributed by atoms with Gasteiger partial charge in [-0.2, -0.15) is 10.5 Å². The molecule has 0 amide bonds. The minimum Gasteiger partial charge on any atom is -0.309 e. The summed E-state index contributed by atoms with van der Waals surface area (Å²) in [5.41, 5.74) is 22.0. The Labute approximate surface area is 608 Å². The van der Waals surface area contributed by atoms with E-state index < -0.39 is 0 Å². The molecular formula is C101H57N5. The maximum Gasteiger partial charge on any atom is 0.0998 e. The first-order valence-corrected chi connectivity index (χ1v) is 36.1. The Balaban J connectivity index is 0.000000133. The topological polar surface area (TPSA) is 70.3 Å². The predicted octanol–water partition coefficient (Wildman–Crippen LogP) is 26.8. The lowest BCUT2D eigenvalue weighted by Gasteiger charge is -2.15. The fourth-order valence-electron chi connectivity index (χ4n) is 17.8. The van der Waals surface area contributed by atoms with Crippen LogP contribution in [-0.2, 0) is 0 Å². The van der Waals surface area contributed by atoms with Gasteiger partial charge in [-0.15, -0.1) is 0 Å². The second-order valence-corrected chi connectivity index (χ2v) is 28.4. The third kappa shape index (κ3) is 9.04. The SMILES string of the molecule is N#Cc1ccc2c3c1ccc1cc(-c4ccc(-c5cc6ccc7cc(-c8cccc9ccccc89)cc8ccc(c5)c6c78)nc4)cc(c13)n2-c1ccccc1.N#Cc1ccc2c3c1ccc1cc(-c4cccc(-c5cc6ccc7cc(-c8ccccc8)cc8ccc(c5)c6c78)c4)cc(c13)n2-c1ccccc1. The van der Waals surface area contributed by atoms with Gasteiger partial charge >= 0.3 is 0 Å². The minimum absolute atomic E-state index is 0.698. The second-order valence-electron chi connectivity index (χ2n) is 28.4. The molecule has 0 saturated heterocycles. The molecule has 0 aliphatic rings. The zero-order valence-corrected chi connectivity index (χ0v) is 57.1. The molecule has 0 bridgehead atoms. The summed E-state index contributed by atoms with van der Waals surface area (Å²) in [5, 5.41) is 46.7. The molecule has 486 valence electrons. The van der Waals surface area contributed by atoms with Crippen LogP contribution in [0, 0.1) is 22.7 Å². The van der Waals surface area contributed by atoms with E-state index in [2.05, 4.69) is 343 Å². The lowest BCUT2D eigenvalue weighted by molar-refractivity contribution is 1.18. The van der Waals surface area contributed by atoms with Crippen LogP contribution in [0.3, 0.4) is 0 Å². The first kappa shape index (κ1) is 59.2. The Kier molecular flexibility index (Phi) is 12.9. The Morgan fingerprint density at radius 1 is 0.217 bits per heavy atom. The highest BCUT2D eigenvalue weighted by atomic mass is 15.0. The molecule has 106 heavy (non-hydrogen) atoms. The van der Waals surface area contributed by atoms with Crippen molar-refractivity contribution in [2.24, 2.45) is 0 Å². The third-order valence-corrected chi connectivity index (χ3v) is 22.5. The Morgan fingerprint density at radius 3 is 1.07 bits per heavy atom. The molecule has 3 heterocycles. The molecule has 0 unspecified atom stereocenters. The Hall–Kier alpha value is -14.5. The summed E-state index contributed by atoms with van der Waals surface area (Å²) in [7, 11) is 0. The summed E-state index contributed by atoms with van der Waals surface area (Å²) in [6.07, 6.45) is 2.00. The van der Waals surface area contributed by atoms with Crippen LogP contribution in [0.5, 0.6) is 0 Å². The van der Waals surface area contributed by atoms with Gasteiger partial charge in [-0.1, -0.05) is 206 Å². The highest BCUT2D eigenvalue weighted by Gasteiger charge is 2.24. The van der Waals surface area contributed by atoms with Crippen molar-refractivity contribution in [1.82, 2.24) is 14.1 Å². The molecule has 0 spiro atoms. The van der Waals surface area contributed by atoms with E-state index in [0.717, 1.165) is 82.8 Å². The van der Waals surface area contributed by atoms with E-state index in [1.165, 1.54) is 136 Å². The van der Waals surface area contributed by atoms with Crippen LogP contribution < -0.4 is 0 Å². The van der Waals surface area contributed by atoms with Crippen molar-refractivity contribution in [3.05, 3.63) is 357 Å². The summed E-state index contributed by atoms with van der Waals surface area (Å²) >= 11 is 0. The van der Waals surface area contributed by atoms with E-state index in [9.17, 15) is 10.5 Å². The maximum absolute atomic E-state index is 9.93. The molecule has 0 fully saturated rings. The van der Waals surface area contributed by atoms with Gasteiger partial charge in [0.25, 0.3) is 0 Å². The van der Waals surface area contributed by atoms with Crippen molar-refractivity contribution in [1.29, 1.82) is 10.5 Å². The average Bonchev–Trinajstić information content (AvgIpc) is 1.49. The molecule has 0 saturated carbocycles. The van der Waals surface area contributed by atoms with Gasteiger partial charge < -0.3 is 9.13 Å². The van der Waals surface area contributed by atoms with Gasteiger partial charge in [0, 0.05) is 61.0 Å². The number of rotatable bonds is 8. The summed E-state index contributed by atoms with van der Waals surface area (Å²) < 4.78 is 4.67. The molecule has 0 N–H and O–H groups in total. The average molecular weight is 1340 g/mol. The summed E-state index contributed by atoms with van der Waals surface area (Å²) in [4.78, 5) is 5.06. The molecule has 0 atom stereocenters. The molecule has 0 radical (unpaired) electrons. The molecule has 5 nitrogen and oxygen atoms in total. The number of para-hydroxylation sites is 2. The van der Waals surface area contributed by atoms with Crippen LogP contribution in [0.2, 0.25) is 0 Å². The number of benzene rings is 20. The first-order chi connectivity index (χ1) is 52.4. The van der Waals surface area contributed by atoms with Crippen LogP contribution in [0.1, 0.15) is 11.1 Å². The second kappa shape index (κ2) is 23.0. The van der Waals surface area contributed by atoms with E-state index in [1.807, 2.05) is 24.4 Å². The van der Waals surface area contributed by atoms with E-state index in [-0.39, 0.29) is 0 Å². The van der Waals surface area contributed by atoms with Crippen molar-refractivity contribution >= 4 is 141 Å². The lowest BCUT2D eigenvalue weighted by atomic mass is 9.89. The summed E-state index contributed by atoms with van der Waals surface area (Å²) in [5.74, 6) is 0. The monoisotopic (exact) mass is 1340 g/mol. The Bertz CT molecular complexity index is 7480. The van der Waals surface area contributed by atoms with Crippen LogP contribution in [0.25, 0.3) is 219 Å².